The minimum Gasteiger partial charge on any atom is -0.334 e. The van der Waals surface area contributed by atoms with E-state index in [2.05, 4.69) is 15.0 Å². The molecule has 36 heavy (non-hydrogen) atoms. The van der Waals surface area contributed by atoms with Gasteiger partial charge in [-0.3, -0.25) is 9.78 Å². The van der Waals surface area contributed by atoms with Crippen molar-refractivity contribution in [1.82, 2.24) is 19.9 Å². The lowest BCUT2D eigenvalue weighted by molar-refractivity contribution is -0.144. The molecule has 1 saturated heterocycles. The van der Waals surface area contributed by atoms with Gasteiger partial charge >= 0.3 is 12.4 Å². The number of H-pyrrole nitrogens is 1. The quantitative estimate of drug-likeness (QED) is 0.318. The number of likely N-dealkylation sites (tertiary alicyclic amines) is 1. The maximum Gasteiger partial charge on any atom is 0.449 e. The van der Waals surface area contributed by atoms with E-state index in [9.17, 15) is 31.1 Å². The average molecular weight is 504 g/mol. The van der Waals surface area contributed by atoms with Crippen LogP contribution < -0.4 is 0 Å². The van der Waals surface area contributed by atoms with Gasteiger partial charge in [0.05, 0.1) is 34.0 Å². The second kappa shape index (κ2) is 8.65. The predicted molar refractivity (Wildman–Crippen MR) is 119 cm³/mol. The molecule has 186 valence electrons. The van der Waals surface area contributed by atoms with Gasteiger partial charge in [0.15, 0.2) is 0 Å². The lowest BCUT2D eigenvalue weighted by Gasteiger charge is -2.25. The number of hydrogen-bond acceptors (Lipinski definition) is 3. The van der Waals surface area contributed by atoms with Gasteiger partial charge in [-0.2, -0.15) is 26.3 Å². The first-order valence-corrected chi connectivity index (χ1v) is 11.0. The molecule has 0 spiro atoms. The van der Waals surface area contributed by atoms with Crippen LogP contribution in [0.25, 0.3) is 22.3 Å². The van der Waals surface area contributed by atoms with E-state index >= 15 is 0 Å². The number of aromatic nitrogens is 3. The summed E-state index contributed by atoms with van der Waals surface area (Å²) in [5.74, 6) is -1.52. The van der Waals surface area contributed by atoms with Crippen molar-refractivity contribution in [2.24, 2.45) is 0 Å². The Labute approximate surface area is 200 Å². The molecule has 1 amide bonds. The summed E-state index contributed by atoms with van der Waals surface area (Å²) >= 11 is 0. The zero-order chi connectivity index (χ0) is 25.7. The number of rotatable bonds is 3. The first-order valence-electron chi connectivity index (χ1n) is 11.0. The molecule has 0 radical (unpaired) electrons. The lowest BCUT2D eigenvalue weighted by Crippen LogP contribution is -2.31. The van der Waals surface area contributed by atoms with Crippen molar-refractivity contribution < 1.29 is 31.1 Å². The average Bonchev–Trinajstić information content (AvgIpc) is 3.50. The Hall–Kier alpha value is -3.89. The third kappa shape index (κ3) is 4.52. The number of carbonyl (C=O) groups is 1. The number of nitrogens with zero attached hydrogens (tertiary/aromatic N) is 3. The van der Waals surface area contributed by atoms with Gasteiger partial charge in [0.2, 0.25) is 5.82 Å². The molecule has 0 saturated carbocycles. The number of benzene rings is 2. The highest BCUT2D eigenvalue weighted by Crippen LogP contribution is 2.35. The number of alkyl halides is 6. The first kappa shape index (κ1) is 23.8. The summed E-state index contributed by atoms with van der Waals surface area (Å²) in [4.78, 5) is 25.2. The van der Waals surface area contributed by atoms with Crippen LogP contribution in [0.5, 0.6) is 0 Å². The second-order valence-electron chi connectivity index (χ2n) is 8.50. The Morgan fingerprint density at radius 1 is 0.917 bits per heavy atom. The molecule has 3 heterocycles. The smallest absolute Gasteiger partial charge is 0.334 e. The number of carbonyl (C=O) groups excluding carboxylic acids is 1. The van der Waals surface area contributed by atoms with Crippen molar-refractivity contribution in [1.29, 1.82) is 0 Å². The summed E-state index contributed by atoms with van der Waals surface area (Å²) in [5, 5.41) is 0. The molecule has 5 nitrogen and oxygen atoms in total. The molecule has 1 fully saturated rings. The van der Waals surface area contributed by atoms with Crippen LogP contribution in [-0.2, 0) is 12.4 Å². The Kier molecular flexibility index (Phi) is 5.73. The Balaban J connectivity index is 1.43. The summed E-state index contributed by atoms with van der Waals surface area (Å²) in [6.07, 6.45) is -7.86. The number of fused-ring (bicyclic) bond motifs is 1. The third-order valence-electron chi connectivity index (χ3n) is 6.11. The SMILES string of the molecule is O=C(c1ccc2nc(C(F)(F)F)[nH]c2c1)N1CCCC1c1cccc(-c2cccc(C(F)(F)F)c2)n1. The normalized spacial score (nSPS) is 16.6. The van der Waals surface area contributed by atoms with Crippen molar-refractivity contribution in [3.8, 4) is 11.3 Å². The van der Waals surface area contributed by atoms with Crippen molar-refractivity contribution in [2.45, 2.75) is 31.2 Å². The number of amides is 1. The largest absolute Gasteiger partial charge is 0.449 e. The Bertz CT molecular complexity index is 1440. The summed E-state index contributed by atoms with van der Waals surface area (Å²) < 4.78 is 78.3. The van der Waals surface area contributed by atoms with E-state index in [1.165, 1.54) is 30.3 Å². The fraction of sp³-hybridized carbons (Fsp3) is 0.240. The van der Waals surface area contributed by atoms with Crippen LogP contribution >= 0.6 is 0 Å². The summed E-state index contributed by atoms with van der Waals surface area (Å²) in [6.45, 7) is 0.410. The van der Waals surface area contributed by atoms with Crippen LogP contribution in [0.15, 0.2) is 60.7 Å². The van der Waals surface area contributed by atoms with Crippen molar-refractivity contribution >= 4 is 16.9 Å². The van der Waals surface area contributed by atoms with E-state index in [-0.39, 0.29) is 22.5 Å². The minimum absolute atomic E-state index is 0.0901. The monoisotopic (exact) mass is 504 g/mol. The van der Waals surface area contributed by atoms with Crippen LogP contribution in [0.2, 0.25) is 0 Å². The number of nitrogens with one attached hydrogen (secondary N) is 1. The molecule has 1 unspecified atom stereocenters. The Morgan fingerprint density at radius 2 is 1.69 bits per heavy atom. The number of hydrogen-bond donors (Lipinski definition) is 1. The molecule has 11 heteroatoms. The van der Waals surface area contributed by atoms with Crippen LogP contribution in [0.4, 0.5) is 26.3 Å². The van der Waals surface area contributed by atoms with Crippen LogP contribution in [-0.4, -0.2) is 32.3 Å². The maximum absolute atomic E-state index is 13.3. The minimum atomic E-state index is -4.64. The Morgan fingerprint density at radius 3 is 2.44 bits per heavy atom. The summed E-state index contributed by atoms with van der Waals surface area (Å²) in [6, 6.07) is 13.5. The number of aromatic amines is 1. The molecule has 4 aromatic rings. The van der Waals surface area contributed by atoms with Gasteiger partial charge < -0.3 is 9.88 Å². The van der Waals surface area contributed by atoms with Gasteiger partial charge in [-0.1, -0.05) is 18.2 Å². The zero-order valence-corrected chi connectivity index (χ0v) is 18.5. The molecule has 1 aliphatic heterocycles. The van der Waals surface area contributed by atoms with E-state index in [0.717, 1.165) is 12.1 Å². The van der Waals surface area contributed by atoms with E-state index < -0.39 is 29.8 Å². The van der Waals surface area contributed by atoms with E-state index in [1.54, 1.807) is 23.1 Å². The first-order chi connectivity index (χ1) is 17.0. The van der Waals surface area contributed by atoms with E-state index in [1.807, 2.05) is 0 Å². The molecule has 0 aliphatic carbocycles. The number of pyridine rings is 1. The van der Waals surface area contributed by atoms with Crippen molar-refractivity contribution in [2.75, 3.05) is 6.54 Å². The molecule has 2 aromatic carbocycles. The third-order valence-corrected chi connectivity index (χ3v) is 6.11. The predicted octanol–water partition coefficient (Wildman–Crippen LogP) is 6.64. The summed E-state index contributed by atoms with van der Waals surface area (Å²) in [5.41, 5.74) is 0.761. The maximum atomic E-state index is 13.3. The fourth-order valence-corrected chi connectivity index (χ4v) is 4.41. The lowest BCUT2D eigenvalue weighted by atomic mass is 10.0. The molecule has 0 bridgehead atoms. The molecular weight excluding hydrogens is 486 g/mol. The van der Waals surface area contributed by atoms with Gasteiger partial charge in [0, 0.05) is 17.7 Å². The number of halogens is 6. The molecule has 1 aliphatic rings. The van der Waals surface area contributed by atoms with E-state index in [0.29, 0.717) is 36.3 Å². The van der Waals surface area contributed by atoms with Crippen LogP contribution in [0.1, 0.15) is 46.3 Å². The molecule has 1 N–H and O–H groups in total. The van der Waals surface area contributed by atoms with Gasteiger partial charge in [-0.05, 0) is 55.3 Å². The molecule has 1 atom stereocenters. The van der Waals surface area contributed by atoms with Gasteiger partial charge in [-0.25, -0.2) is 4.98 Å². The van der Waals surface area contributed by atoms with Crippen LogP contribution in [0, 0.1) is 0 Å². The highest BCUT2D eigenvalue weighted by molar-refractivity contribution is 5.97. The number of imidazole rings is 1. The van der Waals surface area contributed by atoms with Gasteiger partial charge in [0.25, 0.3) is 5.91 Å². The fourth-order valence-electron chi connectivity index (χ4n) is 4.41. The second-order valence-corrected chi connectivity index (χ2v) is 8.50. The van der Waals surface area contributed by atoms with Crippen LogP contribution in [0.3, 0.4) is 0 Å². The van der Waals surface area contributed by atoms with Gasteiger partial charge in [-0.15, -0.1) is 0 Å². The molecular formula is C25H18F6N4O. The highest BCUT2D eigenvalue weighted by Gasteiger charge is 2.36. The molecule has 5 rings (SSSR count). The zero-order valence-electron chi connectivity index (χ0n) is 18.5. The summed E-state index contributed by atoms with van der Waals surface area (Å²) in [7, 11) is 0. The van der Waals surface area contributed by atoms with Crippen molar-refractivity contribution in [3.05, 3.63) is 83.3 Å². The van der Waals surface area contributed by atoms with E-state index in [4.69, 9.17) is 0 Å². The van der Waals surface area contributed by atoms with Gasteiger partial charge in [0.1, 0.15) is 0 Å². The standard InChI is InChI=1S/C25H18F6N4O/c26-24(27,28)16-5-1-4-14(12-16)17-6-2-7-19(32-17)21-8-3-11-35(21)22(36)15-9-10-18-20(13-15)34-23(33-18)25(29,30)31/h1-2,4-7,9-10,12-13,21H,3,8,11H2,(H,33,34). The van der Waals surface area contributed by atoms with Crippen molar-refractivity contribution in [3.63, 3.8) is 0 Å². The molecule has 2 aromatic heterocycles. The highest BCUT2D eigenvalue weighted by atomic mass is 19.4. The topological polar surface area (TPSA) is 61.9 Å².